The molecule has 0 aliphatic heterocycles. The van der Waals surface area contributed by atoms with Gasteiger partial charge in [-0.2, -0.15) is 0 Å². The van der Waals surface area contributed by atoms with Crippen LogP contribution in [-0.4, -0.2) is 17.9 Å². The van der Waals surface area contributed by atoms with E-state index in [1.54, 1.807) is 18.2 Å². The maximum absolute atomic E-state index is 12.1. The Hall–Kier alpha value is -1.84. The predicted octanol–water partition coefficient (Wildman–Crippen LogP) is 2.56. The van der Waals surface area contributed by atoms with Crippen molar-refractivity contribution in [1.29, 1.82) is 0 Å². The van der Waals surface area contributed by atoms with E-state index < -0.39 is 0 Å². The molecule has 1 aliphatic rings. The van der Waals surface area contributed by atoms with Gasteiger partial charge in [0.15, 0.2) is 0 Å². The SMILES string of the molecule is CC[C@H](C)NC(=O)c1ccccc1NC(=O)C1CC1. The summed E-state index contributed by atoms with van der Waals surface area (Å²) in [6, 6.07) is 7.26. The van der Waals surface area contributed by atoms with Crippen molar-refractivity contribution in [2.24, 2.45) is 5.92 Å². The van der Waals surface area contributed by atoms with Crippen LogP contribution in [0.3, 0.4) is 0 Å². The second kappa shape index (κ2) is 5.87. The van der Waals surface area contributed by atoms with E-state index in [2.05, 4.69) is 10.6 Å². The first-order valence-electron chi connectivity index (χ1n) is 6.82. The number of benzene rings is 1. The second-order valence-corrected chi connectivity index (χ2v) is 5.09. The molecule has 19 heavy (non-hydrogen) atoms. The molecule has 2 N–H and O–H groups in total. The Bertz CT molecular complexity index is 481. The molecule has 4 nitrogen and oxygen atoms in total. The van der Waals surface area contributed by atoms with Gasteiger partial charge >= 0.3 is 0 Å². The van der Waals surface area contributed by atoms with E-state index >= 15 is 0 Å². The van der Waals surface area contributed by atoms with Gasteiger partial charge < -0.3 is 10.6 Å². The predicted molar refractivity (Wildman–Crippen MR) is 75.0 cm³/mol. The molecule has 0 heterocycles. The van der Waals surface area contributed by atoms with E-state index in [9.17, 15) is 9.59 Å². The zero-order valence-corrected chi connectivity index (χ0v) is 11.4. The first kappa shape index (κ1) is 13.6. The van der Waals surface area contributed by atoms with Crippen molar-refractivity contribution < 1.29 is 9.59 Å². The number of nitrogens with one attached hydrogen (secondary N) is 2. The van der Waals surface area contributed by atoms with Crippen LogP contribution in [0.5, 0.6) is 0 Å². The lowest BCUT2D eigenvalue weighted by Gasteiger charge is -2.14. The summed E-state index contributed by atoms with van der Waals surface area (Å²) in [5.74, 6) is 0.00974. The Morgan fingerprint density at radius 2 is 2.00 bits per heavy atom. The highest BCUT2D eigenvalue weighted by atomic mass is 16.2. The molecule has 1 aliphatic carbocycles. The Kier molecular flexibility index (Phi) is 4.20. The van der Waals surface area contributed by atoms with Gasteiger partial charge in [-0.1, -0.05) is 19.1 Å². The topological polar surface area (TPSA) is 58.2 Å². The summed E-state index contributed by atoms with van der Waals surface area (Å²) in [5, 5.41) is 5.76. The van der Waals surface area contributed by atoms with E-state index in [4.69, 9.17) is 0 Å². The Morgan fingerprint density at radius 3 is 2.63 bits per heavy atom. The molecule has 1 fully saturated rings. The van der Waals surface area contributed by atoms with Gasteiger partial charge in [0.25, 0.3) is 5.91 Å². The van der Waals surface area contributed by atoms with Crippen LogP contribution in [0.4, 0.5) is 5.69 Å². The Morgan fingerprint density at radius 1 is 1.32 bits per heavy atom. The van der Waals surface area contributed by atoms with Crippen molar-refractivity contribution >= 4 is 17.5 Å². The fraction of sp³-hybridized carbons (Fsp3) is 0.467. The van der Waals surface area contributed by atoms with Crippen molar-refractivity contribution in [3.63, 3.8) is 0 Å². The van der Waals surface area contributed by atoms with Gasteiger partial charge in [-0.25, -0.2) is 0 Å². The van der Waals surface area contributed by atoms with Gasteiger partial charge in [0.05, 0.1) is 11.3 Å². The average molecular weight is 260 g/mol. The molecule has 2 rings (SSSR count). The summed E-state index contributed by atoms with van der Waals surface area (Å²) in [6.07, 6.45) is 2.78. The molecule has 0 saturated heterocycles. The van der Waals surface area contributed by atoms with Crippen molar-refractivity contribution in [1.82, 2.24) is 5.32 Å². The number of carbonyl (C=O) groups is 2. The smallest absolute Gasteiger partial charge is 0.253 e. The molecule has 102 valence electrons. The highest BCUT2D eigenvalue weighted by molar-refractivity contribution is 6.04. The maximum atomic E-state index is 12.1. The zero-order valence-electron chi connectivity index (χ0n) is 11.4. The standard InChI is InChI=1S/C15H20N2O2/c1-3-10(2)16-15(19)12-6-4-5-7-13(12)17-14(18)11-8-9-11/h4-7,10-11H,3,8-9H2,1-2H3,(H,16,19)(H,17,18)/t10-/m0/s1. The lowest BCUT2D eigenvalue weighted by Crippen LogP contribution is -2.32. The molecule has 4 heteroatoms. The summed E-state index contributed by atoms with van der Waals surface area (Å²) in [7, 11) is 0. The first-order valence-corrected chi connectivity index (χ1v) is 6.82. The number of para-hydroxylation sites is 1. The largest absolute Gasteiger partial charge is 0.350 e. The third kappa shape index (κ3) is 3.56. The lowest BCUT2D eigenvalue weighted by atomic mass is 10.1. The Balaban J connectivity index is 2.10. The molecule has 0 bridgehead atoms. The first-order chi connectivity index (χ1) is 9.11. The minimum absolute atomic E-state index is 0.0174. The molecule has 1 atom stereocenters. The van der Waals surface area contributed by atoms with Gasteiger partial charge in [-0.3, -0.25) is 9.59 Å². The quantitative estimate of drug-likeness (QED) is 0.854. The summed E-state index contributed by atoms with van der Waals surface area (Å²) in [5.41, 5.74) is 1.12. The molecule has 2 amide bonds. The van der Waals surface area contributed by atoms with Crippen LogP contribution in [0.1, 0.15) is 43.5 Å². The maximum Gasteiger partial charge on any atom is 0.253 e. The molecular formula is C15H20N2O2. The summed E-state index contributed by atoms with van der Waals surface area (Å²) < 4.78 is 0. The van der Waals surface area contributed by atoms with Crippen LogP contribution in [0, 0.1) is 5.92 Å². The molecule has 1 aromatic rings. The van der Waals surface area contributed by atoms with Gasteiger partial charge in [0, 0.05) is 12.0 Å². The highest BCUT2D eigenvalue weighted by Gasteiger charge is 2.30. The van der Waals surface area contributed by atoms with Crippen molar-refractivity contribution in [3.05, 3.63) is 29.8 Å². The number of hydrogen-bond donors (Lipinski definition) is 2. The third-order valence-electron chi connectivity index (χ3n) is 3.37. The van der Waals surface area contributed by atoms with Gasteiger partial charge in [0.1, 0.15) is 0 Å². The Labute approximate surface area is 113 Å². The van der Waals surface area contributed by atoms with Crippen molar-refractivity contribution in [3.8, 4) is 0 Å². The molecule has 1 saturated carbocycles. The number of hydrogen-bond acceptors (Lipinski definition) is 2. The summed E-state index contributed by atoms with van der Waals surface area (Å²) in [6.45, 7) is 3.98. The van der Waals surface area contributed by atoms with Crippen LogP contribution < -0.4 is 10.6 Å². The van der Waals surface area contributed by atoms with Crippen molar-refractivity contribution in [2.75, 3.05) is 5.32 Å². The molecule has 1 aromatic carbocycles. The monoisotopic (exact) mass is 260 g/mol. The number of rotatable bonds is 5. The average Bonchev–Trinajstić information content (AvgIpc) is 3.23. The van der Waals surface area contributed by atoms with E-state index in [0.717, 1.165) is 19.3 Å². The molecule has 0 spiro atoms. The van der Waals surface area contributed by atoms with Crippen LogP contribution in [0.2, 0.25) is 0 Å². The van der Waals surface area contributed by atoms with Gasteiger partial charge in [-0.15, -0.1) is 0 Å². The minimum Gasteiger partial charge on any atom is -0.350 e. The van der Waals surface area contributed by atoms with E-state index in [-0.39, 0.29) is 23.8 Å². The normalized spacial score (nSPS) is 15.7. The molecule has 0 aromatic heterocycles. The minimum atomic E-state index is -0.138. The van der Waals surface area contributed by atoms with Crippen LogP contribution in [0.25, 0.3) is 0 Å². The fourth-order valence-corrected chi connectivity index (χ4v) is 1.77. The summed E-state index contributed by atoms with van der Waals surface area (Å²) in [4.78, 5) is 23.9. The molecular weight excluding hydrogens is 240 g/mol. The van der Waals surface area contributed by atoms with Gasteiger partial charge in [0.2, 0.25) is 5.91 Å². The zero-order chi connectivity index (χ0) is 13.8. The van der Waals surface area contributed by atoms with E-state index in [0.29, 0.717) is 11.3 Å². The van der Waals surface area contributed by atoms with Crippen LogP contribution in [-0.2, 0) is 4.79 Å². The molecule has 0 radical (unpaired) electrons. The second-order valence-electron chi connectivity index (χ2n) is 5.09. The fourth-order valence-electron chi connectivity index (χ4n) is 1.77. The lowest BCUT2D eigenvalue weighted by molar-refractivity contribution is -0.117. The van der Waals surface area contributed by atoms with E-state index in [1.807, 2.05) is 19.9 Å². The highest BCUT2D eigenvalue weighted by Crippen LogP contribution is 2.30. The number of carbonyl (C=O) groups excluding carboxylic acids is 2. The van der Waals surface area contributed by atoms with E-state index in [1.165, 1.54) is 0 Å². The van der Waals surface area contributed by atoms with Crippen molar-refractivity contribution in [2.45, 2.75) is 39.2 Å². The van der Waals surface area contributed by atoms with Crippen LogP contribution >= 0.6 is 0 Å². The molecule has 0 unspecified atom stereocenters. The number of amides is 2. The number of anilines is 1. The third-order valence-corrected chi connectivity index (χ3v) is 3.37. The van der Waals surface area contributed by atoms with Gasteiger partial charge in [-0.05, 0) is 38.3 Å². The van der Waals surface area contributed by atoms with Crippen LogP contribution in [0.15, 0.2) is 24.3 Å². The summed E-state index contributed by atoms with van der Waals surface area (Å²) >= 11 is 0.